The Morgan fingerprint density at radius 3 is 2.22 bits per heavy atom. The van der Waals surface area contributed by atoms with Gasteiger partial charge in [0.2, 0.25) is 21.8 Å². The normalized spacial score (nSPS) is 14.9. The summed E-state index contributed by atoms with van der Waals surface area (Å²) in [6.45, 7) is 6.14. The van der Waals surface area contributed by atoms with E-state index in [1.54, 1.807) is 11.8 Å². The van der Waals surface area contributed by atoms with Gasteiger partial charge in [-0.05, 0) is 68.9 Å². The van der Waals surface area contributed by atoms with Crippen LogP contribution in [0.1, 0.15) is 62.1 Å². The molecule has 0 spiro atoms. The van der Waals surface area contributed by atoms with Crippen molar-refractivity contribution in [1.29, 1.82) is 0 Å². The molecule has 7 nitrogen and oxygen atoms in total. The summed E-state index contributed by atoms with van der Waals surface area (Å²) in [6.07, 6.45) is 5.86. The van der Waals surface area contributed by atoms with E-state index in [-0.39, 0.29) is 30.8 Å². The number of sulfonamides is 1. The monoisotopic (exact) mass is 513 g/mol. The summed E-state index contributed by atoms with van der Waals surface area (Å²) in [4.78, 5) is 28.0. The first-order chi connectivity index (χ1) is 17.0. The molecule has 1 aliphatic rings. The molecule has 0 aromatic heterocycles. The van der Waals surface area contributed by atoms with E-state index in [1.807, 2.05) is 62.4 Å². The molecule has 1 N–H and O–H groups in total. The number of hydrogen-bond acceptors (Lipinski definition) is 4. The summed E-state index contributed by atoms with van der Waals surface area (Å²) in [5.74, 6) is -0.305. The number of benzene rings is 2. The highest BCUT2D eigenvalue weighted by atomic mass is 32.2. The summed E-state index contributed by atoms with van der Waals surface area (Å²) in [5, 5.41) is 3.11. The fourth-order valence-corrected chi connectivity index (χ4v) is 5.80. The van der Waals surface area contributed by atoms with Gasteiger partial charge < -0.3 is 10.2 Å². The molecule has 8 heteroatoms. The van der Waals surface area contributed by atoms with Gasteiger partial charge in [-0.25, -0.2) is 8.42 Å². The van der Waals surface area contributed by atoms with E-state index in [1.165, 1.54) is 10.6 Å². The molecule has 0 heterocycles. The van der Waals surface area contributed by atoms with Crippen LogP contribution in [0.25, 0.3) is 0 Å². The summed E-state index contributed by atoms with van der Waals surface area (Å²) < 4.78 is 26.4. The lowest BCUT2D eigenvalue weighted by molar-refractivity contribution is -0.141. The maximum Gasteiger partial charge on any atom is 0.242 e. The van der Waals surface area contributed by atoms with E-state index in [4.69, 9.17) is 0 Å². The van der Waals surface area contributed by atoms with Gasteiger partial charge in [-0.1, -0.05) is 49.2 Å². The summed E-state index contributed by atoms with van der Waals surface area (Å²) in [7, 11) is -3.52. The molecule has 2 aromatic carbocycles. The van der Waals surface area contributed by atoms with Gasteiger partial charge in [0.15, 0.2) is 0 Å². The molecule has 0 saturated heterocycles. The van der Waals surface area contributed by atoms with Crippen molar-refractivity contribution in [3.8, 4) is 0 Å². The number of nitrogens with one attached hydrogen (secondary N) is 1. The SMILES string of the molecule is Cc1cc(C)cc(N(CCCC(=O)N(Cc2ccccc2)[C@H](C)C(=O)NC2CCCC2)S(C)(=O)=O)c1. The molecule has 1 fully saturated rings. The summed E-state index contributed by atoms with van der Waals surface area (Å²) >= 11 is 0. The number of aryl methyl sites for hydroxylation is 2. The topological polar surface area (TPSA) is 86.8 Å². The van der Waals surface area contributed by atoms with E-state index in [9.17, 15) is 18.0 Å². The lowest BCUT2D eigenvalue weighted by Crippen LogP contribution is -2.49. The van der Waals surface area contributed by atoms with Crippen molar-refractivity contribution in [2.24, 2.45) is 0 Å². The zero-order chi connectivity index (χ0) is 26.3. The molecular weight excluding hydrogens is 474 g/mol. The third kappa shape index (κ3) is 7.82. The van der Waals surface area contributed by atoms with Crippen LogP contribution < -0.4 is 9.62 Å². The molecule has 2 amide bonds. The predicted molar refractivity (Wildman–Crippen MR) is 144 cm³/mol. The van der Waals surface area contributed by atoms with Gasteiger partial charge >= 0.3 is 0 Å². The number of amides is 2. The van der Waals surface area contributed by atoms with Crippen LogP contribution in [0.4, 0.5) is 5.69 Å². The molecule has 0 aliphatic heterocycles. The zero-order valence-electron chi connectivity index (χ0n) is 21.9. The number of anilines is 1. The second-order valence-electron chi connectivity index (χ2n) is 9.96. The highest BCUT2D eigenvalue weighted by Crippen LogP contribution is 2.23. The molecule has 0 bridgehead atoms. The van der Waals surface area contributed by atoms with Crippen LogP contribution in [-0.4, -0.2) is 50.0 Å². The molecule has 2 aromatic rings. The second-order valence-corrected chi connectivity index (χ2v) is 11.9. The number of rotatable bonds is 11. The van der Waals surface area contributed by atoms with Gasteiger partial charge in [0, 0.05) is 25.6 Å². The Kier molecular flexibility index (Phi) is 9.54. The maximum absolute atomic E-state index is 13.4. The van der Waals surface area contributed by atoms with Gasteiger partial charge in [-0.3, -0.25) is 13.9 Å². The second kappa shape index (κ2) is 12.4. The first kappa shape index (κ1) is 27.7. The Morgan fingerprint density at radius 1 is 1.03 bits per heavy atom. The molecular formula is C28H39N3O4S. The van der Waals surface area contributed by atoms with E-state index in [0.717, 1.165) is 42.4 Å². The van der Waals surface area contributed by atoms with Crippen molar-refractivity contribution >= 4 is 27.5 Å². The zero-order valence-corrected chi connectivity index (χ0v) is 22.7. The van der Waals surface area contributed by atoms with Gasteiger partial charge in [-0.15, -0.1) is 0 Å². The Bertz CT molecular complexity index is 1120. The number of carbonyl (C=O) groups is 2. The van der Waals surface area contributed by atoms with Crippen molar-refractivity contribution < 1.29 is 18.0 Å². The van der Waals surface area contributed by atoms with Gasteiger partial charge in [0.25, 0.3) is 0 Å². The van der Waals surface area contributed by atoms with Crippen LogP contribution in [0.5, 0.6) is 0 Å². The third-order valence-electron chi connectivity index (χ3n) is 6.71. The fraction of sp³-hybridized carbons (Fsp3) is 0.500. The third-order valence-corrected chi connectivity index (χ3v) is 7.91. The fourth-order valence-electron chi connectivity index (χ4n) is 4.85. The predicted octanol–water partition coefficient (Wildman–Crippen LogP) is 4.33. The number of nitrogens with zero attached hydrogens (tertiary/aromatic N) is 2. The molecule has 1 aliphatic carbocycles. The van der Waals surface area contributed by atoms with Crippen molar-refractivity contribution in [3.63, 3.8) is 0 Å². The Morgan fingerprint density at radius 2 is 1.64 bits per heavy atom. The standard InChI is InChI=1S/C28H39N3O4S/c1-21-17-22(2)19-26(18-21)31(36(4,34)35)16-10-15-27(32)30(20-24-11-6-5-7-12-24)23(3)28(33)29-25-13-8-9-14-25/h5-7,11-12,17-19,23,25H,8-10,13-16,20H2,1-4H3,(H,29,33)/t23-/m1/s1. The van der Waals surface area contributed by atoms with Gasteiger partial charge in [0.1, 0.15) is 6.04 Å². The number of carbonyl (C=O) groups excluding carboxylic acids is 2. The molecule has 1 saturated carbocycles. The quantitative estimate of drug-likeness (QED) is 0.485. The lowest BCUT2D eigenvalue weighted by Gasteiger charge is -2.30. The van der Waals surface area contributed by atoms with Crippen LogP contribution in [0, 0.1) is 13.8 Å². The molecule has 1 atom stereocenters. The lowest BCUT2D eigenvalue weighted by atomic mass is 10.1. The molecule has 196 valence electrons. The average Bonchev–Trinajstić information content (AvgIpc) is 3.32. The van der Waals surface area contributed by atoms with Gasteiger partial charge in [0.05, 0.1) is 11.9 Å². The van der Waals surface area contributed by atoms with E-state index >= 15 is 0 Å². The van der Waals surface area contributed by atoms with Crippen molar-refractivity contribution in [3.05, 3.63) is 65.2 Å². The molecule has 0 radical (unpaired) electrons. The van der Waals surface area contributed by atoms with Crippen LogP contribution in [0.15, 0.2) is 48.5 Å². The largest absolute Gasteiger partial charge is 0.352 e. The van der Waals surface area contributed by atoms with E-state index in [0.29, 0.717) is 18.7 Å². The smallest absolute Gasteiger partial charge is 0.242 e. The summed E-state index contributed by atoms with van der Waals surface area (Å²) in [5.41, 5.74) is 3.50. The Balaban J connectivity index is 1.71. The Labute approximate surface area is 215 Å². The van der Waals surface area contributed by atoms with E-state index in [2.05, 4.69) is 5.32 Å². The van der Waals surface area contributed by atoms with Crippen LogP contribution in [0.3, 0.4) is 0 Å². The van der Waals surface area contributed by atoms with Crippen molar-refractivity contribution in [2.45, 2.75) is 77.9 Å². The minimum atomic E-state index is -3.52. The van der Waals surface area contributed by atoms with Gasteiger partial charge in [-0.2, -0.15) is 0 Å². The van der Waals surface area contributed by atoms with Crippen LogP contribution >= 0.6 is 0 Å². The minimum Gasteiger partial charge on any atom is -0.352 e. The molecule has 0 unspecified atom stereocenters. The first-order valence-corrected chi connectivity index (χ1v) is 14.6. The molecule has 36 heavy (non-hydrogen) atoms. The highest BCUT2D eigenvalue weighted by Gasteiger charge is 2.28. The highest BCUT2D eigenvalue weighted by molar-refractivity contribution is 7.92. The van der Waals surface area contributed by atoms with E-state index < -0.39 is 16.1 Å². The first-order valence-electron chi connectivity index (χ1n) is 12.7. The molecule has 3 rings (SSSR count). The maximum atomic E-state index is 13.4. The van der Waals surface area contributed by atoms with Crippen LogP contribution in [-0.2, 0) is 26.2 Å². The van der Waals surface area contributed by atoms with Crippen LogP contribution in [0.2, 0.25) is 0 Å². The Hall–Kier alpha value is -2.87. The average molecular weight is 514 g/mol. The summed E-state index contributed by atoms with van der Waals surface area (Å²) in [6, 6.07) is 14.8. The number of hydrogen-bond donors (Lipinski definition) is 1. The van der Waals surface area contributed by atoms with Crippen molar-refractivity contribution in [2.75, 3.05) is 17.1 Å². The minimum absolute atomic E-state index is 0.140. The van der Waals surface area contributed by atoms with Crippen molar-refractivity contribution in [1.82, 2.24) is 10.2 Å².